The summed E-state index contributed by atoms with van der Waals surface area (Å²) in [5.74, 6) is 2.19. The molecule has 1 aliphatic carbocycles. The first-order valence-electron chi connectivity index (χ1n) is 7.69. The average Bonchev–Trinajstić information content (AvgIpc) is 2.65. The SMILES string of the molecule is Cc1ccc2c(c1)C([C@H]1CCC(N)CC1C)C(C)N2. The van der Waals surface area contributed by atoms with Crippen LogP contribution in [0.15, 0.2) is 18.2 Å². The van der Waals surface area contributed by atoms with E-state index < -0.39 is 0 Å². The molecule has 0 aromatic heterocycles. The quantitative estimate of drug-likeness (QED) is 0.807. The summed E-state index contributed by atoms with van der Waals surface area (Å²) >= 11 is 0. The van der Waals surface area contributed by atoms with Crippen LogP contribution in [-0.2, 0) is 0 Å². The van der Waals surface area contributed by atoms with Crippen LogP contribution in [0, 0.1) is 18.8 Å². The summed E-state index contributed by atoms with van der Waals surface area (Å²) in [5, 5.41) is 3.67. The lowest BCUT2D eigenvalue weighted by Crippen LogP contribution is -2.37. The minimum Gasteiger partial charge on any atom is -0.382 e. The molecule has 3 N–H and O–H groups in total. The molecule has 0 saturated heterocycles. The predicted molar refractivity (Wildman–Crippen MR) is 81.5 cm³/mol. The second-order valence-electron chi connectivity index (χ2n) is 6.76. The van der Waals surface area contributed by atoms with Crippen LogP contribution in [0.3, 0.4) is 0 Å². The lowest BCUT2D eigenvalue weighted by Gasteiger charge is -2.38. The molecule has 1 aromatic carbocycles. The van der Waals surface area contributed by atoms with Crippen molar-refractivity contribution < 1.29 is 0 Å². The summed E-state index contributed by atoms with van der Waals surface area (Å²) in [6, 6.07) is 7.82. The van der Waals surface area contributed by atoms with Crippen LogP contribution in [0.1, 0.15) is 50.2 Å². The standard InChI is InChI=1S/C17H26N2/c1-10-4-7-16-15(8-10)17(12(3)19-16)14-6-5-13(18)9-11(14)2/h4,7-8,11-14,17,19H,5-6,9,18H2,1-3H3/t11?,12?,13?,14-,17?/m0/s1. The molecule has 1 fully saturated rings. The first-order chi connectivity index (χ1) is 9.06. The second-order valence-corrected chi connectivity index (χ2v) is 6.76. The van der Waals surface area contributed by atoms with E-state index in [1.165, 1.54) is 30.5 Å². The Bertz CT molecular complexity index is 468. The molecule has 0 amide bonds. The number of rotatable bonds is 1. The number of hydrogen-bond donors (Lipinski definition) is 2. The normalized spacial score (nSPS) is 37.8. The van der Waals surface area contributed by atoms with Crippen molar-refractivity contribution >= 4 is 5.69 Å². The molecule has 1 aromatic rings. The van der Waals surface area contributed by atoms with Gasteiger partial charge in [-0.3, -0.25) is 0 Å². The van der Waals surface area contributed by atoms with Crippen LogP contribution in [0.4, 0.5) is 5.69 Å². The van der Waals surface area contributed by atoms with Crippen LogP contribution >= 0.6 is 0 Å². The summed E-state index contributed by atoms with van der Waals surface area (Å²) in [6.07, 6.45) is 3.67. The molecule has 2 aliphatic rings. The van der Waals surface area contributed by atoms with Crippen molar-refractivity contribution in [1.82, 2.24) is 0 Å². The lowest BCUT2D eigenvalue weighted by molar-refractivity contribution is 0.194. The topological polar surface area (TPSA) is 38.0 Å². The molecule has 1 saturated carbocycles. The van der Waals surface area contributed by atoms with Gasteiger partial charge in [-0.25, -0.2) is 0 Å². The Morgan fingerprint density at radius 1 is 1.21 bits per heavy atom. The summed E-state index contributed by atoms with van der Waals surface area (Å²) in [6.45, 7) is 6.92. The van der Waals surface area contributed by atoms with Crippen molar-refractivity contribution in [2.45, 2.75) is 58.0 Å². The lowest BCUT2D eigenvalue weighted by atomic mass is 9.68. The Hall–Kier alpha value is -1.02. The van der Waals surface area contributed by atoms with Crippen LogP contribution in [-0.4, -0.2) is 12.1 Å². The van der Waals surface area contributed by atoms with Gasteiger partial charge >= 0.3 is 0 Å². The third-order valence-corrected chi connectivity index (χ3v) is 5.23. The Balaban J connectivity index is 1.91. The highest BCUT2D eigenvalue weighted by Gasteiger charge is 2.39. The molecule has 1 heterocycles. The summed E-state index contributed by atoms with van der Waals surface area (Å²) in [7, 11) is 0. The van der Waals surface area contributed by atoms with Crippen molar-refractivity contribution in [3.05, 3.63) is 29.3 Å². The molecule has 5 atom stereocenters. The van der Waals surface area contributed by atoms with Crippen LogP contribution in [0.2, 0.25) is 0 Å². The van der Waals surface area contributed by atoms with E-state index in [0.717, 1.165) is 11.8 Å². The first-order valence-corrected chi connectivity index (χ1v) is 7.69. The highest BCUT2D eigenvalue weighted by Crippen LogP contribution is 2.47. The van der Waals surface area contributed by atoms with E-state index >= 15 is 0 Å². The number of aryl methyl sites for hydroxylation is 1. The molecule has 0 bridgehead atoms. The monoisotopic (exact) mass is 258 g/mol. The fourth-order valence-electron chi connectivity index (χ4n) is 4.29. The van der Waals surface area contributed by atoms with Crippen LogP contribution in [0.25, 0.3) is 0 Å². The average molecular weight is 258 g/mol. The van der Waals surface area contributed by atoms with Crippen molar-refractivity contribution in [2.24, 2.45) is 17.6 Å². The minimum absolute atomic E-state index is 0.424. The molecule has 19 heavy (non-hydrogen) atoms. The smallest absolute Gasteiger partial charge is 0.0378 e. The minimum atomic E-state index is 0.424. The van der Waals surface area contributed by atoms with Gasteiger partial charge in [0.15, 0.2) is 0 Å². The van der Waals surface area contributed by atoms with Gasteiger partial charge in [0.05, 0.1) is 0 Å². The summed E-state index contributed by atoms with van der Waals surface area (Å²) in [5.41, 5.74) is 10.4. The van der Waals surface area contributed by atoms with Gasteiger partial charge < -0.3 is 11.1 Å². The van der Waals surface area contributed by atoms with Gasteiger partial charge in [0.25, 0.3) is 0 Å². The third kappa shape index (κ3) is 2.27. The maximum Gasteiger partial charge on any atom is 0.0378 e. The Labute approximate surface area is 116 Å². The van der Waals surface area contributed by atoms with Gasteiger partial charge in [0, 0.05) is 23.7 Å². The van der Waals surface area contributed by atoms with Gasteiger partial charge in [-0.1, -0.05) is 24.6 Å². The van der Waals surface area contributed by atoms with E-state index in [9.17, 15) is 0 Å². The molecule has 0 spiro atoms. The zero-order valence-corrected chi connectivity index (χ0v) is 12.3. The van der Waals surface area contributed by atoms with E-state index in [2.05, 4.69) is 44.3 Å². The number of benzene rings is 1. The fourth-order valence-corrected chi connectivity index (χ4v) is 4.29. The van der Waals surface area contributed by atoms with Crippen LogP contribution < -0.4 is 11.1 Å². The fraction of sp³-hybridized carbons (Fsp3) is 0.647. The van der Waals surface area contributed by atoms with E-state index in [0.29, 0.717) is 18.0 Å². The maximum absolute atomic E-state index is 6.12. The van der Waals surface area contributed by atoms with Gasteiger partial charge in [-0.15, -0.1) is 0 Å². The van der Waals surface area contributed by atoms with Gasteiger partial charge in [0.2, 0.25) is 0 Å². The predicted octanol–water partition coefficient (Wildman–Crippen LogP) is 3.66. The largest absolute Gasteiger partial charge is 0.382 e. The molecular weight excluding hydrogens is 232 g/mol. The Kier molecular flexibility index (Phi) is 3.30. The molecule has 104 valence electrons. The van der Waals surface area contributed by atoms with Gasteiger partial charge in [0.1, 0.15) is 0 Å². The highest BCUT2D eigenvalue weighted by molar-refractivity contribution is 5.60. The van der Waals surface area contributed by atoms with Crippen molar-refractivity contribution in [1.29, 1.82) is 0 Å². The van der Waals surface area contributed by atoms with Gasteiger partial charge in [-0.2, -0.15) is 0 Å². The van der Waals surface area contributed by atoms with Gasteiger partial charge in [-0.05, 0) is 56.6 Å². The zero-order chi connectivity index (χ0) is 13.6. The Morgan fingerprint density at radius 2 is 2.00 bits per heavy atom. The van der Waals surface area contributed by atoms with E-state index in [4.69, 9.17) is 5.73 Å². The van der Waals surface area contributed by atoms with Crippen LogP contribution in [0.5, 0.6) is 0 Å². The van der Waals surface area contributed by atoms with E-state index in [1.54, 1.807) is 5.56 Å². The third-order valence-electron chi connectivity index (χ3n) is 5.23. The summed E-state index contributed by atoms with van der Waals surface area (Å²) in [4.78, 5) is 0. The van der Waals surface area contributed by atoms with Crippen molar-refractivity contribution in [3.63, 3.8) is 0 Å². The van der Waals surface area contributed by atoms with Crippen molar-refractivity contribution in [2.75, 3.05) is 5.32 Å². The number of nitrogens with two attached hydrogens (primary N) is 1. The molecule has 2 nitrogen and oxygen atoms in total. The molecule has 0 radical (unpaired) electrons. The first kappa shape index (κ1) is 13.0. The van der Waals surface area contributed by atoms with E-state index in [1.807, 2.05) is 0 Å². The number of anilines is 1. The van der Waals surface area contributed by atoms with Crippen molar-refractivity contribution in [3.8, 4) is 0 Å². The molecule has 2 heteroatoms. The zero-order valence-electron chi connectivity index (χ0n) is 12.3. The molecule has 4 unspecified atom stereocenters. The maximum atomic E-state index is 6.12. The number of hydrogen-bond acceptors (Lipinski definition) is 2. The molecular formula is C17H26N2. The van der Waals surface area contributed by atoms with E-state index in [-0.39, 0.29) is 0 Å². The molecule has 3 rings (SSSR count). The summed E-state index contributed by atoms with van der Waals surface area (Å²) < 4.78 is 0. The molecule has 1 aliphatic heterocycles. The number of fused-ring (bicyclic) bond motifs is 1. The number of nitrogens with one attached hydrogen (secondary N) is 1. The second kappa shape index (κ2) is 4.82. The Morgan fingerprint density at radius 3 is 2.74 bits per heavy atom. The highest BCUT2D eigenvalue weighted by atomic mass is 15.0.